The Kier molecular flexibility index (Phi) is 3.90. The number of thiophene rings is 1. The summed E-state index contributed by atoms with van der Waals surface area (Å²) in [6.07, 6.45) is 7.20. The topological polar surface area (TPSA) is 41.5 Å². The highest BCUT2D eigenvalue weighted by Gasteiger charge is 2.38. The Morgan fingerprint density at radius 3 is 3.00 bits per heavy atom. The quantitative estimate of drug-likeness (QED) is 0.615. The highest BCUT2D eigenvalue weighted by Crippen LogP contribution is 2.47. The molecule has 1 N–H and O–H groups in total. The molecule has 2 aliphatic carbocycles. The van der Waals surface area contributed by atoms with Crippen molar-refractivity contribution in [1.82, 2.24) is 5.43 Å². The molecule has 2 fully saturated rings. The summed E-state index contributed by atoms with van der Waals surface area (Å²) < 4.78 is 1.04. The summed E-state index contributed by atoms with van der Waals surface area (Å²) in [5, 5.41) is 5.66. The van der Waals surface area contributed by atoms with Gasteiger partial charge in [0.15, 0.2) is 0 Å². The van der Waals surface area contributed by atoms with Crippen LogP contribution in [0.2, 0.25) is 5.02 Å². The largest absolute Gasteiger partial charge is 0.282 e. The van der Waals surface area contributed by atoms with Gasteiger partial charge in [-0.1, -0.05) is 30.2 Å². The van der Waals surface area contributed by atoms with Crippen molar-refractivity contribution >= 4 is 45.1 Å². The zero-order chi connectivity index (χ0) is 16.0. The number of rotatable bonds is 3. The average molecular weight is 347 g/mol. The number of aryl methyl sites for hydroxylation is 1. The molecule has 3 unspecified atom stereocenters. The normalized spacial score (nSPS) is 26.4. The second-order valence-electron chi connectivity index (χ2n) is 6.80. The van der Waals surface area contributed by atoms with Crippen LogP contribution in [0, 0.1) is 24.7 Å². The molecular formula is C18H19ClN2OS. The van der Waals surface area contributed by atoms with Crippen molar-refractivity contribution in [3.8, 4) is 0 Å². The number of hydrogen-bond acceptors (Lipinski definition) is 3. The van der Waals surface area contributed by atoms with E-state index < -0.39 is 0 Å². The molecule has 1 heterocycles. The van der Waals surface area contributed by atoms with Crippen LogP contribution in [-0.4, -0.2) is 12.1 Å². The molecule has 1 amide bonds. The highest BCUT2D eigenvalue weighted by atomic mass is 35.5. The number of nitrogens with zero attached hydrogens (tertiary/aromatic N) is 1. The molecule has 120 valence electrons. The van der Waals surface area contributed by atoms with Crippen LogP contribution in [0.25, 0.3) is 10.1 Å². The first-order valence-electron chi connectivity index (χ1n) is 8.14. The molecule has 0 radical (unpaired) electrons. The van der Waals surface area contributed by atoms with Crippen molar-refractivity contribution in [3.05, 3.63) is 33.7 Å². The fraction of sp³-hybridized carbons (Fsp3) is 0.444. The van der Waals surface area contributed by atoms with E-state index in [2.05, 4.69) is 16.6 Å². The van der Waals surface area contributed by atoms with Gasteiger partial charge in [-0.15, -0.1) is 11.3 Å². The zero-order valence-corrected chi connectivity index (χ0v) is 14.6. The molecule has 23 heavy (non-hydrogen) atoms. The number of nitrogens with one attached hydrogen (secondary N) is 1. The summed E-state index contributed by atoms with van der Waals surface area (Å²) in [4.78, 5) is 12.9. The SMILES string of the molecule is Cc1ccc2c(Cl)c(C(=O)NN=CC3CC4CCC3C4)sc2c1. The Bertz CT molecular complexity index is 798. The predicted octanol–water partition coefficient (Wildman–Crippen LogP) is 5.01. The van der Waals surface area contributed by atoms with Crippen LogP contribution in [0.1, 0.15) is 40.9 Å². The molecule has 2 bridgehead atoms. The van der Waals surface area contributed by atoms with Gasteiger partial charge in [0.1, 0.15) is 4.88 Å². The predicted molar refractivity (Wildman–Crippen MR) is 96.5 cm³/mol. The zero-order valence-electron chi connectivity index (χ0n) is 13.0. The molecule has 1 aromatic carbocycles. The molecule has 2 aromatic rings. The van der Waals surface area contributed by atoms with E-state index in [-0.39, 0.29) is 5.91 Å². The van der Waals surface area contributed by atoms with Gasteiger partial charge in [0.2, 0.25) is 0 Å². The molecule has 4 rings (SSSR count). The second kappa shape index (κ2) is 5.91. The first-order valence-corrected chi connectivity index (χ1v) is 9.33. The van der Waals surface area contributed by atoms with Crippen LogP contribution in [0.15, 0.2) is 23.3 Å². The van der Waals surface area contributed by atoms with Gasteiger partial charge >= 0.3 is 0 Å². The first kappa shape index (κ1) is 15.2. The maximum Gasteiger partial charge on any atom is 0.282 e. The second-order valence-corrected chi connectivity index (χ2v) is 8.23. The number of amides is 1. The Hall–Kier alpha value is -1.39. The number of halogens is 1. The summed E-state index contributed by atoms with van der Waals surface area (Å²) in [5.41, 5.74) is 3.82. The van der Waals surface area contributed by atoms with E-state index in [0.29, 0.717) is 15.8 Å². The molecule has 0 aliphatic heterocycles. The lowest BCUT2D eigenvalue weighted by molar-refractivity contribution is 0.0959. The van der Waals surface area contributed by atoms with Gasteiger partial charge in [-0.2, -0.15) is 5.10 Å². The number of carbonyl (C=O) groups excluding carboxylic acids is 1. The molecular weight excluding hydrogens is 328 g/mol. The van der Waals surface area contributed by atoms with Gasteiger partial charge in [-0.25, -0.2) is 5.43 Å². The van der Waals surface area contributed by atoms with Crippen molar-refractivity contribution in [1.29, 1.82) is 0 Å². The molecule has 2 aliphatic rings. The Morgan fingerprint density at radius 2 is 2.26 bits per heavy atom. The van der Waals surface area contributed by atoms with Gasteiger partial charge in [-0.3, -0.25) is 4.79 Å². The minimum atomic E-state index is -0.215. The smallest absolute Gasteiger partial charge is 0.266 e. The lowest BCUT2D eigenvalue weighted by Crippen LogP contribution is -2.19. The summed E-state index contributed by atoms with van der Waals surface area (Å²) in [5.74, 6) is 1.98. The molecule has 0 saturated heterocycles. The van der Waals surface area contributed by atoms with Crippen LogP contribution in [0.4, 0.5) is 0 Å². The third-order valence-electron chi connectivity index (χ3n) is 5.22. The molecule has 3 nitrogen and oxygen atoms in total. The van der Waals surface area contributed by atoms with Crippen LogP contribution in [0.5, 0.6) is 0 Å². The fourth-order valence-corrected chi connectivity index (χ4v) is 5.54. The average Bonchev–Trinajstić information content (AvgIpc) is 3.22. The third-order valence-corrected chi connectivity index (χ3v) is 6.87. The van der Waals surface area contributed by atoms with Crippen LogP contribution in [-0.2, 0) is 0 Å². The van der Waals surface area contributed by atoms with Gasteiger partial charge in [0.25, 0.3) is 5.91 Å². The fourth-order valence-electron chi connectivity index (χ4n) is 4.04. The number of fused-ring (bicyclic) bond motifs is 3. The van der Waals surface area contributed by atoms with Gasteiger partial charge in [-0.05, 0) is 55.6 Å². The Labute approximate surface area is 144 Å². The lowest BCUT2D eigenvalue weighted by atomic mass is 9.90. The van der Waals surface area contributed by atoms with Crippen molar-refractivity contribution in [3.63, 3.8) is 0 Å². The van der Waals surface area contributed by atoms with E-state index in [9.17, 15) is 4.79 Å². The van der Waals surface area contributed by atoms with Crippen LogP contribution >= 0.6 is 22.9 Å². The number of hydrazone groups is 1. The lowest BCUT2D eigenvalue weighted by Gasteiger charge is -2.16. The minimum Gasteiger partial charge on any atom is -0.266 e. The molecule has 2 saturated carbocycles. The number of benzene rings is 1. The summed E-state index contributed by atoms with van der Waals surface area (Å²) >= 11 is 7.78. The van der Waals surface area contributed by atoms with Crippen molar-refractivity contribution < 1.29 is 4.79 Å². The maximum atomic E-state index is 12.4. The summed E-state index contributed by atoms with van der Waals surface area (Å²) in [7, 11) is 0. The van der Waals surface area contributed by atoms with Gasteiger partial charge in [0.05, 0.1) is 5.02 Å². The van der Waals surface area contributed by atoms with E-state index in [1.54, 1.807) is 0 Å². The van der Waals surface area contributed by atoms with E-state index >= 15 is 0 Å². The number of carbonyl (C=O) groups is 1. The highest BCUT2D eigenvalue weighted by molar-refractivity contribution is 7.21. The Morgan fingerprint density at radius 1 is 1.39 bits per heavy atom. The van der Waals surface area contributed by atoms with E-state index in [0.717, 1.165) is 27.5 Å². The van der Waals surface area contributed by atoms with E-state index in [4.69, 9.17) is 11.6 Å². The van der Waals surface area contributed by atoms with Gasteiger partial charge < -0.3 is 0 Å². The third kappa shape index (κ3) is 2.79. The Balaban J connectivity index is 1.48. The summed E-state index contributed by atoms with van der Waals surface area (Å²) in [6.45, 7) is 2.03. The van der Waals surface area contributed by atoms with Crippen molar-refractivity contribution in [2.75, 3.05) is 0 Å². The molecule has 1 aromatic heterocycles. The van der Waals surface area contributed by atoms with Crippen LogP contribution < -0.4 is 5.43 Å². The summed E-state index contributed by atoms with van der Waals surface area (Å²) in [6, 6.07) is 6.04. The maximum absolute atomic E-state index is 12.4. The molecule has 5 heteroatoms. The monoisotopic (exact) mass is 346 g/mol. The van der Waals surface area contributed by atoms with E-state index in [1.165, 1.54) is 37.0 Å². The first-order chi connectivity index (χ1) is 11.1. The molecule has 3 atom stereocenters. The van der Waals surface area contributed by atoms with Gasteiger partial charge in [0, 0.05) is 16.3 Å². The van der Waals surface area contributed by atoms with Crippen molar-refractivity contribution in [2.24, 2.45) is 22.9 Å². The number of hydrogen-bond donors (Lipinski definition) is 1. The van der Waals surface area contributed by atoms with E-state index in [1.807, 2.05) is 25.3 Å². The van der Waals surface area contributed by atoms with Crippen LogP contribution in [0.3, 0.4) is 0 Å². The van der Waals surface area contributed by atoms with Crippen molar-refractivity contribution in [2.45, 2.75) is 32.6 Å². The minimum absolute atomic E-state index is 0.215. The standard InChI is InChI=1S/C18H19ClN2OS/c1-10-2-5-14-15(6-10)23-17(16(14)19)18(22)21-20-9-13-8-11-3-4-12(13)7-11/h2,5-6,9,11-13H,3-4,7-8H2,1H3,(H,21,22). The molecule has 0 spiro atoms.